The molecule has 0 bridgehead atoms. The van der Waals surface area contributed by atoms with Crippen molar-refractivity contribution in [3.8, 4) is 0 Å². The number of amides is 3. The molecule has 4 unspecified atom stereocenters. The summed E-state index contributed by atoms with van der Waals surface area (Å²) >= 11 is 0. The molecule has 1 fully saturated rings. The van der Waals surface area contributed by atoms with Gasteiger partial charge < -0.3 is 31.5 Å². The topological polar surface area (TPSA) is 162 Å². The first-order chi connectivity index (χ1) is 17.8. The second-order valence-corrected chi connectivity index (χ2v) is 9.22. The first-order valence-corrected chi connectivity index (χ1v) is 12.4. The van der Waals surface area contributed by atoms with Gasteiger partial charge in [-0.25, -0.2) is 0 Å². The summed E-state index contributed by atoms with van der Waals surface area (Å²) in [4.78, 5) is 51.7. The van der Waals surface area contributed by atoms with Gasteiger partial charge in [0, 0.05) is 12.6 Å². The van der Waals surface area contributed by atoms with Crippen LogP contribution < -0.4 is 16.4 Å². The first kappa shape index (κ1) is 27.8. The van der Waals surface area contributed by atoms with E-state index >= 15 is 0 Å². The number of likely N-dealkylation sites (tertiary alicyclic amines) is 1. The van der Waals surface area contributed by atoms with Gasteiger partial charge in [-0.2, -0.15) is 0 Å². The first-order valence-electron chi connectivity index (χ1n) is 12.4. The van der Waals surface area contributed by atoms with Crippen LogP contribution in [0, 0.1) is 0 Å². The maximum absolute atomic E-state index is 13.2. The fraction of sp³-hybridized carbons (Fsp3) is 0.407. The van der Waals surface area contributed by atoms with Crippen molar-refractivity contribution in [3.63, 3.8) is 0 Å². The molecule has 37 heavy (non-hydrogen) atoms. The van der Waals surface area contributed by atoms with E-state index in [1.807, 2.05) is 60.7 Å². The van der Waals surface area contributed by atoms with Crippen LogP contribution >= 0.6 is 0 Å². The second kappa shape index (κ2) is 13.5. The largest absolute Gasteiger partial charge is 0.481 e. The molecule has 0 saturated carbocycles. The number of hydrogen-bond donors (Lipinski definition) is 5. The van der Waals surface area contributed by atoms with Crippen molar-refractivity contribution in [1.29, 1.82) is 0 Å². The van der Waals surface area contributed by atoms with Crippen LogP contribution in [-0.2, 0) is 32.0 Å². The summed E-state index contributed by atoms with van der Waals surface area (Å²) in [6.45, 7) is -0.370. The average molecular weight is 511 g/mol. The molecule has 1 aliphatic heterocycles. The molecule has 0 aliphatic carbocycles. The van der Waals surface area contributed by atoms with Crippen molar-refractivity contribution in [3.05, 3.63) is 71.8 Å². The third-order valence-electron chi connectivity index (χ3n) is 6.36. The number of nitrogens with zero attached hydrogens (tertiary/aromatic N) is 1. The normalized spacial score (nSPS) is 17.5. The zero-order valence-corrected chi connectivity index (χ0v) is 20.6. The van der Waals surface area contributed by atoms with Gasteiger partial charge >= 0.3 is 5.97 Å². The number of rotatable bonds is 12. The molecule has 10 nitrogen and oxygen atoms in total. The Hall–Kier alpha value is -3.76. The molecular weight excluding hydrogens is 476 g/mol. The lowest BCUT2D eigenvalue weighted by Gasteiger charge is -2.29. The monoisotopic (exact) mass is 510 g/mol. The standard InChI is InChI=1S/C27H34N4O6/c28-21(15-19-10-5-2-6-11-19)25(35)30-22(17-32)27(37)31-13-7-12-23(31)26(36)29-20(16-24(33)34)14-18-8-3-1-4-9-18/h1-6,8-11,20-23,32H,7,12-17,28H2,(H,29,36)(H,30,35)(H,33,34). The Morgan fingerprint density at radius 3 is 2.11 bits per heavy atom. The molecule has 1 aliphatic rings. The summed E-state index contributed by atoms with van der Waals surface area (Å²) in [5.74, 6) is -2.67. The van der Waals surface area contributed by atoms with E-state index in [0.717, 1.165) is 11.1 Å². The van der Waals surface area contributed by atoms with Gasteiger partial charge in [0.05, 0.1) is 19.1 Å². The summed E-state index contributed by atoms with van der Waals surface area (Å²) in [5.41, 5.74) is 7.75. The van der Waals surface area contributed by atoms with Crippen LogP contribution in [0.2, 0.25) is 0 Å². The van der Waals surface area contributed by atoms with E-state index in [1.165, 1.54) is 4.90 Å². The lowest BCUT2D eigenvalue weighted by atomic mass is 10.0. The molecule has 2 aromatic carbocycles. The summed E-state index contributed by atoms with van der Waals surface area (Å²) in [7, 11) is 0. The summed E-state index contributed by atoms with van der Waals surface area (Å²) in [6.07, 6.45) is 1.28. The minimum Gasteiger partial charge on any atom is -0.481 e. The molecule has 4 atom stereocenters. The predicted molar refractivity (Wildman–Crippen MR) is 136 cm³/mol. The molecular formula is C27H34N4O6. The van der Waals surface area contributed by atoms with Gasteiger partial charge in [-0.1, -0.05) is 60.7 Å². The SMILES string of the molecule is NC(Cc1ccccc1)C(=O)NC(CO)C(=O)N1CCCC1C(=O)NC(CC(=O)O)Cc1ccccc1. The molecule has 6 N–H and O–H groups in total. The van der Waals surface area contributed by atoms with E-state index in [0.29, 0.717) is 19.3 Å². The zero-order chi connectivity index (χ0) is 26.8. The molecule has 1 heterocycles. The number of benzene rings is 2. The highest BCUT2D eigenvalue weighted by Gasteiger charge is 2.38. The molecule has 3 rings (SSSR count). The molecule has 0 spiro atoms. The number of carboxylic acid groups (broad SMARTS) is 1. The van der Waals surface area contributed by atoms with E-state index < -0.39 is 54.5 Å². The number of carboxylic acids is 1. The second-order valence-electron chi connectivity index (χ2n) is 9.22. The van der Waals surface area contributed by atoms with Gasteiger partial charge in [-0.05, 0) is 36.8 Å². The number of nitrogens with two attached hydrogens (primary N) is 1. The molecule has 3 amide bonds. The Bertz CT molecular complexity index is 1070. The van der Waals surface area contributed by atoms with Gasteiger partial charge in [-0.15, -0.1) is 0 Å². The number of carbonyl (C=O) groups excluding carboxylic acids is 3. The van der Waals surface area contributed by atoms with Crippen molar-refractivity contribution in [1.82, 2.24) is 15.5 Å². The quantitative estimate of drug-likeness (QED) is 0.273. The number of aliphatic hydroxyl groups is 1. The zero-order valence-electron chi connectivity index (χ0n) is 20.6. The molecule has 2 aromatic rings. The van der Waals surface area contributed by atoms with Crippen LogP contribution in [0.3, 0.4) is 0 Å². The van der Waals surface area contributed by atoms with Gasteiger partial charge in [0.25, 0.3) is 0 Å². The van der Waals surface area contributed by atoms with Crippen LogP contribution in [0.1, 0.15) is 30.4 Å². The Labute approximate surface area is 215 Å². The number of aliphatic carboxylic acids is 1. The maximum atomic E-state index is 13.2. The van der Waals surface area contributed by atoms with Gasteiger partial charge in [-0.3, -0.25) is 19.2 Å². The highest BCUT2D eigenvalue weighted by molar-refractivity contribution is 5.93. The molecule has 10 heteroatoms. The summed E-state index contributed by atoms with van der Waals surface area (Å²) in [5, 5.41) is 24.4. The van der Waals surface area contributed by atoms with E-state index in [1.54, 1.807) is 0 Å². The fourth-order valence-corrected chi connectivity index (χ4v) is 4.51. The van der Waals surface area contributed by atoms with Crippen LogP contribution in [0.4, 0.5) is 0 Å². The van der Waals surface area contributed by atoms with Crippen LogP contribution in [0.15, 0.2) is 60.7 Å². The predicted octanol–water partition coefficient (Wildman–Crippen LogP) is 0.227. The van der Waals surface area contributed by atoms with Crippen molar-refractivity contribution in [2.45, 2.75) is 56.3 Å². The summed E-state index contributed by atoms with van der Waals surface area (Å²) in [6, 6.07) is 14.8. The van der Waals surface area contributed by atoms with Gasteiger partial charge in [0.1, 0.15) is 12.1 Å². The van der Waals surface area contributed by atoms with E-state index in [-0.39, 0.29) is 19.4 Å². The van der Waals surface area contributed by atoms with Crippen LogP contribution in [-0.4, -0.2) is 76.1 Å². The number of aliphatic hydroxyl groups excluding tert-OH is 1. The molecule has 198 valence electrons. The van der Waals surface area contributed by atoms with Crippen molar-refractivity contribution in [2.75, 3.05) is 13.2 Å². The maximum Gasteiger partial charge on any atom is 0.305 e. The highest BCUT2D eigenvalue weighted by atomic mass is 16.4. The Kier molecular flexibility index (Phi) is 10.2. The Morgan fingerprint density at radius 2 is 1.54 bits per heavy atom. The van der Waals surface area contributed by atoms with E-state index in [4.69, 9.17) is 5.73 Å². The minimum atomic E-state index is -1.25. The van der Waals surface area contributed by atoms with Gasteiger partial charge in [0.15, 0.2) is 0 Å². The van der Waals surface area contributed by atoms with E-state index in [2.05, 4.69) is 10.6 Å². The third kappa shape index (κ3) is 8.12. The molecule has 0 radical (unpaired) electrons. The Balaban J connectivity index is 1.62. The fourth-order valence-electron chi connectivity index (χ4n) is 4.51. The van der Waals surface area contributed by atoms with E-state index in [9.17, 15) is 29.4 Å². The lowest BCUT2D eigenvalue weighted by molar-refractivity contribution is -0.143. The van der Waals surface area contributed by atoms with Crippen LogP contribution in [0.5, 0.6) is 0 Å². The number of nitrogens with one attached hydrogen (secondary N) is 2. The molecule has 1 saturated heterocycles. The highest BCUT2D eigenvalue weighted by Crippen LogP contribution is 2.19. The molecule has 0 aromatic heterocycles. The Morgan fingerprint density at radius 1 is 0.946 bits per heavy atom. The van der Waals surface area contributed by atoms with Crippen molar-refractivity contribution < 1.29 is 29.4 Å². The smallest absolute Gasteiger partial charge is 0.305 e. The number of carbonyl (C=O) groups is 4. The van der Waals surface area contributed by atoms with Crippen LogP contribution in [0.25, 0.3) is 0 Å². The van der Waals surface area contributed by atoms with Crippen molar-refractivity contribution in [2.24, 2.45) is 5.73 Å². The van der Waals surface area contributed by atoms with Crippen molar-refractivity contribution >= 4 is 23.7 Å². The minimum absolute atomic E-state index is 0.264. The number of hydrogen-bond acceptors (Lipinski definition) is 6. The summed E-state index contributed by atoms with van der Waals surface area (Å²) < 4.78 is 0. The lowest BCUT2D eigenvalue weighted by Crippen LogP contribution is -2.57. The average Bonchev–Trinajstić information content (AvgIpc) is 3.38. The third-order valence-corrected chi connectivity index (χ3v) is 6.36. The van der Waals surface area contributed by atoms with Gasteiger partial charge in [0.2, 0.25) is 17.7 Å².